The zero-order valence-electron chi connectivity index (χ0n) is 18.9. The van der Waals surface area contributed by atoms with Gasteiger partial charge in [0.2, 0.25) is 0 Å². The SMILES string of the molecule is C(=C\c1ccc2ccc3ccc4ccc(/C=C/c5ccccc5)cc4c3c2c1)/c1ccccc1. The summed E-state index contributed by atoms with van der Waals surface area (Å²) >= 11 is 0. The fourth-order valence-electron chi connectivity index (χ4n) is 4.63. The van der Waals surface area contributed by atoms with Gasteiger partial charge in [-0.15, -0.1) is 0 Å². The van der Waals surface area contributed by atoms with Crippen LogP contribution in [0.4, 0.5) is 0 Å². The predicted octanol–water partition coefficient (Wildman–Crippen LogP) is 9.49. The Morgan fingerprint density at radius 3 is 1.18 bits per heavy atom. The highest BCUT2D eigenvalue weighted by Crippen LogP contribution is 2.34. The first-order chi connectivity index (χ1) is 16.8. The minimum atomic E-state index is 1.21. The maximum absolute atomic E-state index is 2.32. The molecule has 0 saturated heterocycles. The maximum Gasteiger partial charge on any atom is -0.00264 e. The lowest BCUT2D eigenvalue weighted by Crippen LogP contribution is -1.84. The molecule has 0 heteroatoms. The van der Waals surface area contributed by atoms with Gasteiger partial charge in [-0.3, -0.25) is 0 Å². The second-order valence-corrected chi connectivity index (χ2v) is 8.68. The maximum atomic E-state index is 2.32. The molecule has 0 radical (unpaired) electrons. The summed E-state index contributed by atoms with van der Waals surface area (Å²) in [5.41, 5.74) is 4.84. The minimum Gasteiger partial charge on any atom is -0.0622 e. The molecule has 0 atom stereocenters. The van der Waals surface area contributed by atoms with Gasteiger partial charge in [-0.1, -0.05) is 133 Å². The Morgan fingerprint density at radius 2 is 0.706 bits per heavy atom. The van der Waals surface area contributed by atoms with E-state index in [0.717, 1.165) is 0 Å². The van der Waals surface area contributed by atoms with E-state index in [1.807, 2.05) is 12.1 Å². The van der Waals surface area contributed by atoms with Crippen molar-refractivity contribution in [3.05, 3.63) is 144 Å². The topological polar surface area (TPSA) is 0 Å². The third kappa shape index (κ3) is 4.02. The zero-order valence-corrected chi connectivity index (χ0v) is 18.9. The van der Waals surface area contributed by atoms with Crippen molar-refractivity contribution in [1.82, 2.24) is 0 Å². The molecule has 0 N–H and O–H groups in total. The van der Waals surface area contributed by atoms with E-state index < -0.39 is 0 Å². The van der Waals surface area contributed by atoms with Crippen LogP contribution in [0.2, 0.25) is 0 Å². The molecule has 0 amide bonds. The molecule has 0 aliphatic heterocycles. The van der Waals surface area contributed by atoms with Gasteiger partial charge >= 0.3 is 0 Å². The average Bonchev–Trinajstić information content (AvgIpc) is 2.91. The Kier molecular flexibility index (Phi) is 5.26. The van der Waals surface area contributed by atoms with Crippen molar-refractivity contribution < 1.29 is 0 Å². The minimum absolute atomic E-state index is 1.21. The van der Waals surface area contributed by atoms with Gasteiger partial charge in [-0.25, -0.2) is 0 Å². The number of hydrogen-bond acceptors (Lipinski definition) is 0. The normalized spacial score (nSPS) is 11.9. The summed E-state index contributed by atoms with van der Waals surface area (Å²) in [5, 5.41) is 7.71. The third-order valence-corrected chi connectivity index (χ3v) is 6.40. The van der Waals surface area contributed by atoms with Crippen LogP contribution in [0.1, 0.15) is 22.3 Å². The van der Waals surface area contributed by atoms with Crippen LogP contribution in [0.15, 0.2) is 121 Å². The average molecular weight is 433 g/mol. The van der Waals surface area contributed by atoms with Crippen molar-refractivity contribution in [1.29, 1.82) is 0 Å². The second kappa shape index (κ2) is 8.84. The summed E-state index contributed by atoms with van der Waals surface area (Å²) in [4.78, 5) is 0. The van der Waals surface area contributed by atoms with Gasteiger partial charge in [0.25, 0.3) is 0 Å². The first kappa shape index (κ1) is 20.2. The molecule has 160 valence electrons. The van der Waals surface area contributed by atoms with E-state index in [1.54, 1.807) is 0 Å². The molecule has 6 aromatic rings. The summed E-state index contributed by atoms with van der Waals surface area (Å²) < 4.78 is 0. The van der Waals surface area contributed by atoms with Crippen LogP contribution in [0.5, 0.6) is 0 Å². The zero-order chi connectivity index (χ0) is 22.7. The molecular weight excluding hydrogens is 408 g/mol. The van der Waals surface area contributed by atoms with Gasteiger partial charge < -0.3 is 0 Å². The monoisotopic (exact) mass is 432 g/mol. The molecule has 6 rings (SSSR count). The predicted molar refractivity (Wildman–Crippen MR) is 150 cm³/mol. The first-order valence-corrected chi connectivity index (χ1v) is 11.7. The fourth-order valence-corrected chi connectivity index (χ4v) is 4.63. The summed E-state index contributed by atoms with van der Waals surface area (Å²) in [7, 11) is 0. The lowest BCUT2D eigenvalue weighted by atomic mass is 9.94. The lowest BCUT2D eigenvalue weighted by Gasteiger charge is -2.10. The number of hydrogen-bond donors (Lipinski definition) is 0. The van der Waals surface area contributed by atoms with E-state index in [9.17, 15) is 0 Å². The largest absolute Gasteiger partial charge is 0.0622 e. The van der Waals surface area contributed by atoms with Crippen LogP contribution in [-0.4, -0.2) is 0 Å². The molecule has 34 heavy (non-hydrogen) atoms. The fraction of sp³-hybridized carbons (Fsp3) is 0. The summed E-state index contributed by atoms with van der Waals surface area (Å²) in [6, 6.07) is 43.4. The first-order valence-electron chi connectivity index (χ1n) is 11.7. The highest BCUT2D eigenvalue weighted by molar-refractivity contribution is 6.20. The second-order valence-electron chi connectivity index (χ2n) is 8.68. The van der Waals surface area contributed by atoms with Crippen LogP contribution >= 0.6 is 0 Å². The van der Waals surface area contributed by atoms with Crippen LogP contribution < -0.4 is 0 Å². The Morgan fingerprint density at radius 1 is 0.324 bits per heavy atom. The Labute approximate surface area is 200 Å². The van der Waals surface area contributed by atoms with Gasteiger partial charge in [-0.2, -0.15) is 0 Å². The molecule has 0 aliphatic rings. The van der Waals surface area contributed by atoms with Crippen LogP contribution in [0.3, 0.4) is 0 Å². The van der Waals surface area contributed by atoms with Gasteiger partial charge in [0.1, 0.15) is 0 Å². The molecule has 0 fully saturated rings. The highest BCUT2D eigenvalue weighted by Gasteiger charge is 2.07. The van der Waals surface area contributed by atoms with Crippen molar-refractivity contribution in [3.63, 3.8) is 0 Å². The lowest BCUT2D eigenvalue weighted by molar-refractivity contribution is 1.66. The van der Waals surface area contributed by atoms with Crippen molar-refractivity contribution in [2.45, 2.75) is 0 Å². The molecule has 0 aliphatic carbocycles. The Hall–Kier alpha value is -4.42. The quantitative estimate of drug-likeness (QED) is 0.192. The van der Waals surface area contributed by atoms with E-state index in [0.29, 0.717) is 0 Å². The molecule has 0 nitrogen and oxygen atoms in total. The van der Waals surface area contributed by atoms with Crippen LogP contribution in [0.25, 0.3) is 56.6 Å². The molecule has 0 saturated carbocycles. The van der Waals surface area contributed by atoms with E-state index in [1.165, 1.54) is 54.6 Å². The van der Waals surface area contributed by atoms with Gasteiger partial charge in [0.05, 0.1) is 0 Å². The molecule has 6 aromatic carbocycles. The summed E-state index contributed by atoms with van der Waals surface area (Å²) in [5.74, 6) is 0. The molecule has 0 heterocycles. The van der Waals surface area contributed by atoms with Crippen molar-refractivity contribution in [2.75, 3.05) is 0 Å². The third-order valence-electron chi connectivity index (χ3n) is 6.40. The van der Waals surface area contributed by atoms with Crippen molar-refractivity contribution >= 4 is 56.6 Å². The van der Waals surface area contributed by atoms with Crippen molar-refractivity contribution in [2.24, 2.45) is 0 Å². The molecule has 0 aromatic heterocycles. The van der Waals surface area contributed by atoms with Crippen LogP contribution in [-0.2, 0) is 0 Å². The van der Waals surface area contributed by atoms with Gasteiger partial charge in [0.15, 0.2) is 0 Å². The van der Waals surface area contributed by atoms with Gasteiger partial charge in [-0.05, 0) is 66.7 Å². The van der Waals surface area contributed by atoms with Crippen molar-refractivity contribution in [3.8, 4) is 0 Å². The Balaban J connectivity index is 1.50. The molecule has 0 spiro atoms. The summed E-state index contributed by atoms with van der Waals surface area (Å²) in [6.07, 6.45) is 8.76. The number of rotatable bonds is 4. The van der Waals surface area contributed by atoms with Gasteiger partial charge in [0, 0.05) is 0 Å². The molecular formula is C34H24. The smallest absolute Gasteiger partial charge is 0.00264 e. The van der Waals surface area contributed by atoms with E-state index in [-0.39, 0.29) is 0 Å². The summed E-state index contributed by atoms with van der Waals surface area (Å²) in [6.45, 7) is 0. The standard InChI is InChI=1S/C34H24/c1-3-7-25(8-4-1)11-13-27-15-17-29-19-21-31-22-20-30-18-16-28(14-12-26-9-5-2-6-10-26)24-33(30)34(31)32(29)23-27/h1-24H/b13-11+,14-12+. The Bertz CT molecular complexity index is 1550. The van der Waals surface area contributed by atoms with E-state index >= 15 is 0 Å². The van der Waals surface area contributed by atoms with Crippen LogP contribution in [0, 0.1) is 0 Å². The molecule has 0 unspecified atom stereocenters. The van der Waals surface area contributed by atoms with E-state index in [4.69, 9.17) is 0 Å². The van der Waals surface area contributed by atoms with E-state index in [2.05, 4.69) is 133 Å². The highest BCUT2D eigenvalue weighted by atomic mass is 14.1. The number of benzene rings is 6. The molecule has 0 bridgehead atoms. The number of fused-ring (bicyclic) bond motifs is 5.